The fourth-order valence-electron chi connectivity index (χ4n) is 7.22. The molecule has 0 radical (unpaired) electrons. The monoisotopic (exact) mass is 691 g/mol. The van der Waals surface area contributed by atoms with Crippen LogP contribution < -0.4 is 0 Å². The van der Waals surface area contributed by atoms with Crippen LogP contribution >= 0.6 is 0 Å². The number of benzene rings is 10. The van der Waals surface area contributed by atoms with Crippen LogP contribution in [0.5, 0.6) is 0 Å². The van der Waals surface area contributed by atoms with Crippen LogP contribution in [0.15, 0.2) is 198 Å². The van der Waals surface area contributed by atoms with E-state index in [1.165, 1.54) is 0 Å². The highest BCUT2D eigenvalue weighted by Crippen LogP contribution is 2.44. The van der Waals surface area contributed by atoms with Gasteiger partial charge in [0.2, 0.25) is 0 Å². The second-order valence-corrected chi connectivity index (χ2v) is 12.6. The summed E-state index contributed by atoms with van der Waals surface area (Å²) in [6, 6.07) is 9.70. The Morgan fingerprint density at radius 3 is 1.72 bits per heavy atom. The average Bonchev–Trinajstić information content (AvgIpc) is 3.75. The lowest BCUT2D eigenvalue weighted by molar-refractivity contribution is 0.669. The largest absolute Gasteiger partial charge is 0.456 e. The van der Waals surface area contributed by atoms with E-state index in [4.69, 9.17) is 16.8 Å². The van der Waals surface area contributed by atoms with Gasteiger partial charge in [0.25, 0.3) is 0 Å². The Balaban J connectivity index is 1.22. The Labute approximate surface area is 333 Å². The molecule has 0 bridgehead atoms. The summed E-state index contributed by atoms with van der Waals surface area (Å²) in [5.74, 6) is 0. The molecule has 1 aromatic heterocycles. The van der Waals surface area contributed by atoms with E-state index >= 15 is 0 Å². The van der Waals surface area contributed by atoms with Gasteiger partial charge in [-0.25, -0.2) is 0 Å². The second kappa shape index (κ2) is 11.8. The Kier molecular flexibility index (Phi) is 3.69. The van der Waals surface area contributed by atoms with Crippen molar-refractivity contribution in [3.8, 4) is 44.5 Å². The van der Waals surface area contributed by atoms with E-state index in [0.717, 1.165) is 32.7 Å². The molecule has 0 aliphatic carbocycles. The standard InChI is InChI=1S/C52H32O/c1-2-12-34(13-3-1)50-43-15-6-8-17-45(43)51(46-18-9-7-16-44(46)50)41-26-24-36-29-37(22-23-38(36)31-41)39-27-28-47-49(32-39)53-48-20-10-19-42(52(47)48)40-25-21-33-11-4-5-14-35(33)30-40/h1-32H/i1D,2D,3D,6D,7D,8D,9D,12D,13D,15D,16D,17D,18D,22D,23D,24D,26D,29D,31D. The summed E-state index contributed by atoms with van der Waals surface area (Å²) in [5, 5.41) is 0.497. The number of hydrogen-bond donors (Lipinski definition) is 0. The quantitative estimate of drug-likeness (QED) is 0.167. The zero-order valence-corrected chi connectivity index (χ0v) is 27.4. The summed E-state index contributed by atoms with van der Waals surface area (Å²) in [6.45, 7) is 0. The molecule has 0 fully saturated rings. The van der Waals surface area contributed by atoms with Crippen molar-refractivity contribution in [2.24, 2.45) is 0 Å². The molecule has 11 aromatic rings. The van der Waals surface area contributed by atoms with Crippen LogP contribution in [0.2, 0.25) is 0 Å². The molecule has 1 heteroatoms. The number of furan rings is 1. The van der Waals surface area contributed by atoms with Gasteiger partial charge in [-0.05, 0) is 124 Å². The van der Waals surface area contributed by atoms with E-state index in [1.54, 1.807) is 18.2 Å². The van der Waals surface area contributed by atoms with Gasteiger partial charge in [-0.3, -0.25) is 0 Å². The zero-order chi connectivity index (χ0) is 51.4. The molecule has 1 heterocycles. The normalized spacial score (nSPS) is 16.8. The topological polar surface area (TPSA) is 13.1 Å². The smallest absolute Gasteiger partial charge is 0.136 e. The summed E-state index contributed by atoms with van der Waals surface area (Å²) in [7, 11) is 0. The van der Waals surface area contributed by atoms with Gasteiger partial charge in [-0.1, -0.05) is 157 Å². The summed E-state index contributed by atoms with van der Waals surface area (Å²) in [6.07, 6.45) is 0. The Hall–Kier alpha value is -6.96. The number of hydrogen-bond acceptors (Lipinski definition) is 1. The first-order valence-electron chi connectivity index (χ1n) is 26.2. The minimum absolute atomic E-state index is 0.119. The summed E-state index contributed by atoms with van der Waals surface area (Å²) >= 11 is 0. The van der Waals surface area contributed by atoms with Crippen molar-refractivity contribution >= 4 is 65.0 Å². The van der Waals surface area contributed by atoms with E-state index in [0.29, 0.717) is 11.2 Å². The minimum atomic E-state index is -0.870. The second-order valence-electron chi connectivity index (χ2n) is 12.6. The molecule has 0 N–H and O–H groups in total. The van der Waals surface area contributed by atoms with Gasteiger partial charge in [0.05, 0.1) is 26.0 Å². The average molecular weight is 692 g/mol. The van der Waals surface area contributed by atoms with Gasteiger partial charge in [-0.15, -0.1) is 0 Å². The van der Waals surface area contributed by atoms with Crippen LogP contribution in [0.3, 0.4) is 0 Å². The Morgan fingerprint density at radius 2 is 0.981 bits per heavy atom. The molecule has 1 nitrogen and oxygen atoms in total. The molecule has 0 aliphatic heterocycles. The van der Waals surface area contributed by atoms with E-state index in [2.05, 4.69) is 6.07 Å². The highest BCUT2D eigenvalue weighted by atomic mass is 16.3. The van der Waals surface area contributed by atoms with Gasteiger partial charge in [0.1, 0.15) is 11.2 Å². The van der Waals surface area contributed by atoms with Crippen LogP contribution in [-0.4, -0.2) is 0 Å². The molecule has 0 aliphatic rings. The highest BCUT2D eigenvalue weighted by Gasteiger charge is 2.17. The van der Waals surface area contributed by atoms with Crippen molar-refractivity contribution in [2.45, 2.75) is 0 Å². The maximum atomic E-state index is 9.77. The highest BCUT2D eigenvalue weighted by molar-refractivity contribution is 6.22. The minimum Gasteiger partial charge on any atom is -0.456 e. The van der Waals surface area contributed by atoms with Crippen molar-refractivity contribution in [3.63, 3.8) is 0 Å². The predicted molar refractivity (Wildman–Crippen MR) is 225 cm³/mol. The summed E-state index contributed by atoms with van der Waals surface area (Å²) < 4.78 is 179. The van der Waals surface area contributed by atoms with Gasteiger partial charge in [0, 0.05) is 10.8 Å². The molecule has 10 aromatic carbocycles. The zero-order valence-electron chi connectivity index (χ0n) is 46.4. The SMILES string of the molecule is [2H]c1c([2H])c([2H])c(-c2c3c([2H])c([2H])c([2H])c([2H])c3c(-c3c([2H])c([2H])c4c([2H])c(-c5ccc6c(c5)oc5cccc(-c7ccc8ccccc8c7)c56)c([2H])c([2H])c4c3[2H])c3c([2H])c([2H])c([2H])c([2H])c23)c([2H])c1[2H]. The molecule has 0 spiro atoms. The lowest BCUT2D eigenvalue weighted by atomic mass is 9.85. The molecule has 0 atom stereocenters. The lowest BCUT2D eigenvalue weighted by Crippen LogP contribution is -1.90. The summed E-state index contributed by atoms with van der Waals surface area (Å²) in [4.78, 5) is 0. The number of fused-ring (bicyclic) bond motifs is 7. The third-order valence-corrected chi connectivity index (χ3v) is 9.60. The lowest BCUT2D eigenvalue weighted by Gasteiger charge is -2.18. The third kappa shape index (κ3) is 4.79. The Bertz CT molecular complexity index is 4220. The van der Waals surface area contributed by atoms with E-state index in [9.17, 15) is 13.7 Å². The van der Waals surface area contributed by atoms with Crippen LogP contribution in [-0.2, 0) is 0 Å². The van der Waals surface area contributed by atoms with Gasteiger partial charge in [-0.2, -0.15) is 0 Å². The maximum absolute atomic E-state index is 9.77. The molecule has 53 heavy (non-hydrogen) atoms. The van der Waals surface area contributed by atoms with Crippen LogP contribution in [0, 0.1) is 0 Å². The van der Waals surface area contributed by atoms with Gasteiger partial charge < -0.3 is 4.42 Å². The van der Waals surface area contributed by atoms with Crippen molar-refractivity contribution in [1.82, 2.24) is 0 Å². The van der Waals surface area contributed by atoms with Crippen LogP contribution in [0.4, 0.5) is 0 Å². The maximum Gasteiger partial charge on any atom is 0.136 e. The van der Waals surface area contributed by atoms with Crippen molar-refractivity contribution in [1.29, 1.82) is 0 Å². The molecule has 0 unspecified atom stereocenters. The van der Waals surface area contributed by atoms with Gasteiger partial charge in [0.15, 0.2) is 0 Å². The van der Waals surface area contributed by atoms with Crippen LogP contribution in [0.1, 0.15) is 26.0 Å². The first-order valence-corrected chi connectivity index (χ1v) is 16.7. The first kappa shape index (κ1) is 16.6. The first-order chi connectivity index (χ1) is 34.2. The molecule has 11 rings (SSSR count). The van der Waals surface area contributed by atoms with Crippen molar-refractivity contribution in [3.05, 3.63) is 194 Å². The third-order valence-electron chi connectivity index (χ3n) is 9.60. The van der Waals surface area contributed by atoms with E-state index in [1.807, 2.05) is 54.6 Å². The molecular weight excluding hydrogens is 641 g/mol. The Morgan fingerprint density at radius 1 is 0.358 bits per heavy atom. The predicted octanol–water partition coefficient (Wildman–Crippen LogP) is 14.9. The number of rotatable bonds is 4. The molecular formula is C52H32O. The van der Waals surface area contributed by atoms with E-state index < -0.39 is 164 Å². The molecule has 0 saturated heterocycles. The van der Waals surface area contributed by atoms with Gasteiger partial charge >= 0.3 is 0 Å². The fraction of sp³-hybridized carbons (Fsp3) is 0. The fourth-order valence-corrected chi connectivity index (χ4v) is 7.22. The van der Waals surface area contributed by atoms with Crippen molar-refractivity contribution in [2.75, 3.05) is 0 Å². The molecule has 0 saturated carbocycles. The van der Waals surface area contributed by atoms with Crippen molar-refractivity contribution < 1.29 is 30.5 Å². The van der Waals surface area contributed by atoms with E-state index in [-0.39, 0.29) is 16.5 Å². The molecule has 0 amide bonds. The molecule has 246 valence electrons. The summed E-state index contributed by atoms with van der Waals surface area (Å²) in [5.41, 5.74) is 0.527. The van der Waals surface area contributed by atoms with Crippen LogP contribution in [0.25, 0.3) is 110 Å².